The third-order valence-electron chi connectivity index (χ3n) is 2.73. The number of ether oxygens (including phenoxy) is 1. The molecule has 3 rings (SSSR count). The van der Waals surface area contributed by atoms with Crippen LogP contribution in [0.5, 0.6) is 0 Å². The van der Waals surface area contributed by atoms with Crippen molar-refractivity contribution in [1.82, 2.24) is 0 Å². The van der Waals surface area contributed by atoms with Crippen molar-refractivity contribution in [2.75, 3.05) is 0 Å². The maximum atomic E-state index is 10.9. The van der Waals surface area contributed by atoms with E-state index in [1.54, 1.807) is 6.08 Å². The standard InChI is InChI=1S/C11H8O3/c12-11(13)8-5-9-6-3-1-2-4-7(6)10(8)14-9/h1-5,9-10H,(H,12,13). The highest BCUT2D eigenvalue weighted by Gasteiger charge is 2.41. The first kappa shape index (κ1) is 7.76. The Labute approximate surface area is 80.6 Å². The summed E-state index contributed by atoms with van der Waals surface area (Å²) < 4.78 is 5.54. The van der Waals surface area contributed by atoms with Crippen LogP contribution in [0.2, 0.25) is 0 Å². The zero-order valence-electron chi connectivity index (χ0n) is 7.31. The van der Waals surface area contributed by atoms with Gasteiger partial charge in [-0.1, -0.05) is 24.3 Å². The summed E-state index contributed by atoms with van der Waals surface area (Å²) in [4.78, 5) is 10.9. The van der Waals surface area contributed by atoms with E-state index >= 15 is 0 Å². The number of hydrogen-bond acceptors (Lipinski definition) is 2. The molecule has 3 nitrogen and oxygen atoms in total. The van der Waals surface area contributed by atoms with Gasteiger partial charge in [-0.15, -0.1) is 0 Å². The predicted molar refractivity (Wildman–Crippen MR) is 48.7 cm³/mol. The van der Waals surface area contributed by atoms with Gasteiger partial charge in [-0.05, 0) is 17.2 Å². The largest absolute Gasteiger partial charge is 0.478 e. The summed E-state index contributed by atoms with van der Waals surface area (Å²) in [6, 6.07) is 7.75. The summed E-state index contributed by atoms with van der Waals surface area (Å²) >= 11 is 0. The Balaban J connectivity index is 2.13. The van der Waals surface area contributed by atoms with Gasteiger partial charge in [0.1, 0.15) is 12.2 Å². The lowest BCUT2D eigenvalue weighted by molar-refractivity contribution is -0.133. The molecule has 70 valence electrons. The number of carboxylic acids is 1. The van der Waals surface area contributed by atoms with Crippen molar-refractivity contribution in [1.29, 1.82) is 0 Å². The minimum Gasteiger partial charge on any atom is -0.478 e. The topological polar surface area (TPSA) is 46.5 Å². The van der Waals surface area contributed by atoms with Gasteiger partial charge in [0.25, 0.3) is 0 Å². The van der Waals surface area contributed by atoms with Crippen LogP contribution in [0, 0.1) is 0 Å². The molecule has 1 aromatic rings. The van der Waals surface area contributed by atoms with Gasteiger partial charge in [-0.25, -0.2) is 4.79 Å². The number of carboxylic acid groups (broad SMARTS) is 1. The maximum absolute atomic E-state index is 10.9. The van der Waals surface area contributed by atoms with E-state index in [4.69, 9.17) is 9.84 Å². The molecule has 0 saturated carbocycles. The van der Waals surface area contributed by atoms with E-state index < -0.39 is 5.97 Å². The zero-order chi connectivity index (χ0) is 9.71. The molecule has 2 aliphatic rings. The number of carbonyl (C=O) groups is 1. The molecule has 2 atom stereocenters. The number of rotatable bonds is 1. The Hall–Kier alpha value is -1.61. The first-order chi connectivity index (χ1) is 6.77. The van der Waals surface area contributed by atoms with E-state index in [9.17, 15) is 4.79 Å². The Morgan fingerprint density at radius 2 is 2.00 bits per heavy atom. The quantitative estimate of drug-likeness (QED) is 0.731. The molecule has 2 aliphatic heterocycles. The first-order valence-electron chi connectivity index (χ1n) is 4.46. The molecule has 2 bridgehead atoms. The van der Waals surface area contributed by atoms with Crippen LogP contribution < -0.4 is 0 Å². The third kappa shape index (κ3) is 0.822. The number of aliphatic carboxylic acids is 1. The second-order valence-corrected chi connectivity index (χ2v) is 3.49. The fraction of sp³-hybridized carbons (Fsp3) is 0.182. The SMILES string of the molecule is O=C(O)C1=CC2OC1c1ccccc12. The minimum atomic E-state index is -0.882. The summed E-state index contributed by atoms with van der Waals surface area (Å²) in [5.41, 5.74) is 2.47. The lowest BCUT2D eigenvalue weighted by Crippen LogP contribution is -2.08. The number of hydrogen-bond donors (Lipinski definition) is 1. The summed E-state index contributed by atoms with van der Waals surface area (Å²) in [5.74, 6) is -0.882. The van der Waals surface area contributed by atoms with Crippen LogP contribution in [-0.4, -0.2) is 11.1 Å². The summed E-state index contributed by atoms with van der Waals surface area (Å²) in [6.07, 6.45) is 1.19. The van der Waals surface area contributed by atoms with Crippen LogP contribution in [0.15, 0.2) is 35.9 Å². The highest BCUT2D eigenvalue weighted by atomic mass is 16.5. The van der Waals surface area contributed by atoms with Crippen molar-refractivity contribution in [3.05, 3.63) is 47.0 Å². The Morgan fingerprint density at radius 1 is 1.29 bits per heavy atom. The number of fused-ring (bicyclic) bond motifs is 5. The Morgan fingerprint density at radius 3 is 2.71 bits per heavy atom. The maximum Gasteiger partial charge on any atom is 0.334 e. The monoisotopic (exact) mass is 188 g/mol. The van der Waals surface area contributed by atoms with E-state index in [1.807, 2.05) is 24.3 Å². The van der Waals surface area contributed by atoms with Crippen LogP contribution in [0.3, 0.4) is 0 Å². The van der Waals surface area contributed by atoms with Gasteiger partial charge in [0, 0.05) is 0 Å². The van der Waals surface area contributed by atoms with Crippen LogP contribution in [0.25, 0.3) is 0 Å². The molecule has 0 aromatic heterocycles. The van der Waals surface area contributed by atoms with Crippen LogP contribution in [0.1, 0.15) is 23.3 Å². The molecule has 0 amide bonds. The molecule has 0 fully saturated rings. The van der Waals surface area contributed by atoms with E-state index in [0.717, 1.165) is 11.1 Å². The van der Waals surface area contributed by atoms with E-state index in [0.29, 0.717) is 5.57 Å². The highest BCUT2D eigenvalue weighted by Crippen LogP contribution is 2.49. The van der Waals surface area contributed by atoms with E-state index in [-0.39, 0.29) is 12.2 Å². The van der Waals surface area contributed by atoms with Crippen LogP contribution >= 0.6 is 0 Å². The van der Waals surface area contributed by atoms with Gasteiger partial charge < -0.3 is 9.84 Å². The van der Waals surface area contributed by atoms with Gasteiger partial charge in [-0.3, -0.25) is 0 Å². The fourth-order valence-corrected chi connectivity index (χ4v) is 2.11. The second-order valence-electron chi connectivity index (χ2n) is 3.49. The lowest BCUT2D eigenvalue weighted by atomic mass is 9.92. The smallest absolute Gasteiger partial charge is 0.334 e. The fourth-order valence-electron chi connectivity index (χ4n) is 2.11. The van der Waals surface area contributed by atoms with Gasteiger partial charge >= 0.3 is 5.97 Å². The Kier molecular flexibility index (Phi) is 1.36. The van der Waals surface area contributed by atoms with Crippen LogP contribution in [-0.2, 0) is 9.53 Å². The molecule has 0 spiro atoms. The van der Waals surface area contributed by atoms with Crippen molar-refractivity contribution in [3.8, 4) is 0 Å². The number of benzene rings is 1. The average Bonchev–Trinajstić information content (AvgIpc) is 2.75. The van der Waals surface area contributed by atoms with Gasteiger partial charge in [0.2, 0.25) is 0 Å². The molecule has 0 saturated heterocycles. The van der Waals surface area contributed by atoms with Crippen molar-refractivity contribution >= 4 is 5.97 Å². The summed E-state index contributed by atoms with van der Waals surface area (Å²) in [7, 11) is 0. The molecule has 14 heavy (non-hydrogen) atoms. The molecule has 1 aromatic carbocycles. The minimum absolute atomic E-state index is 0.151. The van der Waals surface area contributed by atoms with Crippen molar-refractivity contribution < 1.29 is 14.6 Å². The van der Waals surface area contributed by atoms with Crippen molar-refractivity contribution in [3.63, 3.8) is 0 Å². The second kappa shape index (κ2) is 2.45. The molecular weight excluding hydrogens is 180 g/mol. The molecule has 0 aliphatic carbocycles. The average molecular weight is 188 g/mol. The first-order valence-corrected chi connectivity index (χ1v) is 4.46. The molecular formula is C11H8O3. The molecule has 1 N–H and O–H groups in total. The highest BCUT2D eigenvalue weighted by molar-refractivity contribution is 5.89. The third-order valence-corrected chi connectivity index (χ3v) is 2.73. The van der Waals surface area contributed by atoms with Gasteiger partial charge in [0.05, 0.1) is 5.57 Å². The van der Waals surface area contributed by atoms with Crippen molar-refractivity contribution in [2.24, 2.45) is 0 Å². The molecule has 0 radical (unpaired) electrons. The summed E-state index contributed by atoms with van der Waals surface area (Å²) in [5, 5.41) is 8.91. The predicted octanol–water partition coefficient (Wildman–Crippen LogP) is 1.82. The lowest BCUT2D eigenvalue weighted by Gasteiger charge is -2.09. The summed E-state index contributed by atoms with van der Waals surface area (Å²) in [6.45, 7) is 0. The Bertz CT molecular complexity index is 448. The van der Waals surface area contributed by atoms with Gasteiger partial charge in [-0.2, -0.15) is 0 Å². The van der Waals surface area contributed by atoms with Crippen molar-refractivity contribution in [2.45, 2.75) is 12.2 Å². The van der Waals surface area contributed by atoms with Gasteiger partial charge in [0.15, 0.2) is 0 Å². The van der Waals surface area contributed by atoms with E-state index in [2.05, 4.69) is 0 Å². The zero-order valence-corrected chi connectivity index (χ0v) is 7.31. The van der Waals surface area contributed by atoms with E-state index in [1.165, 1.54) is 0 Å². The molecule has 2 heterocycles. The molecule has 3 heteroatoms. The van der Waals surface area contributed by atoms with Crippen LogP contribution in [0.4, 0.5) is 0 Å². The molecule has 2 unspecified atom stereocenters. The normalized spacial score (nSPS) is 27.3.